The Kier molecular flexibility index (Phi) is 3.42. The molecule has 1 heterocycles. The van der Waals surface area contributed by atoms with Crippen molar-refractivity contribution in [2.24, 2.45) is 0 Å². The number of hydrogen-bond donors (Lipinski definition) is 1. The van der Waals surface area contributed by atoms with Gasteiger partial charge in [-0.1, -0.05) is 0 Å². The maximum atomic E-state index is 12.2. The largest absolute Gasteiger partial charge is 0.416 e. The molecule has 16 heavy (non-hydrogen) atoms. The van der Waals surface area contributed by atoms with Gasteiger partial charge in [-0.15, -0.1) is 0 Å². The number of rotatable bonds is 2. The van der Waals surface area contributed by atoms with E-state index in [0.717, 1.165) is 0 Å². The van der Waals surface area contributed by atoms with Crippen LogP contribution in [0.5, 0.6) is 0 Å². The first kappa shape index (κ1) is 12.8. The molecule has 1 rings (SSSR count). The summed E-state index contributed by atoms with van der Waals surface area (Å²) in [6, 6.07) is 2.46. The quantitative estimate of drug-likeness (QED) is 0.841. The Morgan fingerprint density at radius 3 is 2.12 bits per heavy atom. The van der Waals surface area contributed by atoms with Crippen molar-refractivity contribution in [3.8, 4) is 0 Å². The van der Waals surface area contributed by atoms with Crippen molar-refractivity contribution in [3.05, 3.63) is 33.7 Å². The van der Waals surface area contributed by atoms with E-state index in [2.05, 4.69) is 0 Å². The molecule has 0 amide bonds. The second-order valence-electron chi connectivity index (χ2n) is 3.64. The van der Waals surface area contributed by atoms with Crippen LogP contribution in [0.4, 0.5) is 13.2 Å². The Hall–Kier alpha value is -1.30. The Balaban J connectivity index is 3.03. The van der Waals surface area contributed by atoms with Crippen LogP contribution in [0.25, 0.3) is 0 Å². The normalized spacial score (nSPS) is 13.9. The summed E-state index contributed by atoms with van der Waals surface area (Å²) in [6.07, 6.45) is -7.07. The maximum Gasteiger partial charge on any atom is 0.416 e. The van der Waals surface area contributed by atoms with E-state index in [1.54, 1.807) is 0 Å². The maximum absolute atomic E-state index is 12.2. The lowest BCUT2D eigenvalue weighted by atomic mass is 10.2. The number of nitrogens with zero attached hydrogens (tertiary/aromatic N) is 1. The highest BCUT2D eigenvalue weighted by molar-refractivity contribution is 5.12. The summed E-state index contributed by atoms with van der Waals surface area (Å²) in [6.45, 7) is 2.45. The van der Waals surface area contributed by atoms with Gasteiger partial charge in [0.25, 0.3) is 0 Å². The molecule has 0 spiro atoms. The lowest BCUT2D eigenvalue weighted by Gasteiger charge is -2.20. The van der Waals surface area contributed by atoms with Crippen molar-refractivity contribution in [2.75, 3.05) is 0 Å². The molecule has 0 saturated heterocycles. The molecule has 1 atom stereocenters. The SMILES string of the molecule is Cc1cc(=O)cc(C)n1CC(O)C(F)(F)F. The van der Waals surface area contributed by atoms with Crippen LogP contribution in [0.2, 0.25) is 0 Å². The van der Waals surface area contributed by atoms with Crippen molar-refractivity contribution >= 4 is 0 Å². The number of alkyl halides is 3. The average molecular weight is 235 g/mol. The minimum Gasteiger partial charge on any atom is -0.382 e. The Bertz CT molecular complexity index is 410. The summed E-state index contributed by atoms with van der Waals surface area (Å²) in [5.74, 6) is 0. The van der Waals surface area contributed by atoms with Crippen LogP contribution < -0.4 is 5.43 Å². The third-order valence-electron chi connectivity index (χ3n) is 2.29. The summed E-state index contributed by atoms with van der Waals surface area (Å²) >= 11 is 0. The summed E-state index contributed by atoms with van der Waals surface area (Å²) in [7, 11) is 0. The van der Waals surface area contributed by atoms with Gasteiger partial charge in [-0.05, 0) is 13.8 Å². The van der Waals surface area contributed by atoms with Crippen LogP contribution in [0.15, 0.2) is 16.9 Å². The summed E-state index contributed by atoms with van der Waals surface area (Å²) < 4.78 is 37.7. The van der Waals surface area contributed by atoms with Crippen LogP contribution >= 0.6 is 0 Å². The van der Waals surface area contributed by atoms with Gasteiger partial charge < -0.3 is 9.67 Å². The zero-order valence-corrected chi connectivity index (χ0v) is 8.88. The van der Waals surface area contributed by atoms with Gasteiger partial charge in [0, 0.05) is 23.5 Å². The molecule has 0 aliphatic rings. The fraction of sp³-hybridized carbons (Fsp3) is 0.500. The van der Waals surface area contributed by atoms with Crippen molar-refractivity contribution in [2.45, 2.75) is 32.7 Å². The lowest BCUT2D eigenvalue weighted by molar-refractivity contribution is -0.207. The fourth-order valence-electron chi connectivity index (χ4n) is 1.45. The summed E-state index contributed by atoms with van der Waals surface area (Å²) in [4.78, 5) is 11.0. The van der Waals surface area contributed by atoms with E-state index >= 15 is 0 Å². The van der Waals surface area contributed by atoms with Crippen molar-refractivity contribution in [3.63, 3.8) is 0 Å². The first-order chi connectivity index (χ1) is 7.21. The van der Waals surface area contributed by atoms with Crippen LogP contribution in [0, 0.1) is 13.8 Å². The molecular weight excluding hydrogens is 223 g/mol. The molecule has 0 aliphatic heterocycles. The molecule has 0 fully saturated rings. The van der Waals surface area contributed by atoms with E-state index in [-0.39, 0.29) is 5.43 Å². The second-order valence-corrected chi connectivity index (χ2v) is 3.64. The number of halogens is 3. The monoisotopic (exact) mass is 235 g/mol. The van der Waals surface area contributed by atoms with Crippen LogP contribution in [-0.4, -0.2) is 22.0 Å². The Labute approximate surface area is 90.1 Å². The van der Waals surface area contributed by atoms with Crippen molar-refractivity contribution in [1.29, 1.82) is 0 Å². The summed E-state index contributed by atoms with van der Waals surface area (Å²) in [5, 5.41) is 8.93. The highest BCUT2D eigenvalue weighted by Crippen LogP contribution is 2.21. The molecule has 1 unspecified atom stereocenters. The molecule has 3 nitrogen and oxygen atoms in total. The van der Waals surface area contributed by atoms with Gasteiger partial charge in [0.15, 0.2) is 11.5 Å². The molecular formula is C10H12F3NO2. The molecule has 1 aromatic rings. The van der Waals surface area contributed by atoms with Gasteiger partial charge in [0.2, 0.25) is 0 Å². The number of hydrogen-bond acceptors (Lipinski definition) is 2. The van der Waals surface area contributed by atoms with E-state index in [1.807, 2.05) is 0 Å². The zero-order valence-electron chi connectivity index (χ0n) is 8.88. The van der Waals surface area contributed by atoms with Gasteiger partial charge in [0.1, 0.15) is 0 Å². The Morgan fingerprint density at radius 1 is 1.31 bits per heavy atom. The topological polar surface area (TPSA) is 42.2 Å². The van der Waals surface area contributed by atoms with E-state index in [4.69, 9.17) is 5.11 Å². The van der Waals surface area contributed by atoms with Gasteiger partial charge in [0.05, 0.1) is 6.54 Å². The standard InChI is InChI=1S/C10H12F3NO2/c1-6-3-8(15)4-7(2)14(6)5-9(16)10(11,12)13/h3-4,9,16H,5H2,1-2H3. The molecule has 0 radical (unpaired) electrons. The van der Waals surface area contributed by atoms with Crippen LogP contribution in [0.3, 0.4) is 0 Å². The van der Waals surface area contributed by atoms with E-state index in [0.29, 0.717) is 11.4 Å². The van der Waals surface area contributed by atoms with E-state index in [9.17, 15) is 18.0 Å². The number of aromatic nitrogens is 1. The molecule has 1 aromatic heterocycles. The fourth-order valence-corrected chi connectivity index (χ4v) is 1.45. The minimum atomic E-state index is -4.65. The highest BCUT2D eigenvalue weighted by atomic mass is 19.4. The van der Waals surface area contributed by atoms with Crippen molar-refractivity contribution in [1.82, 2.24) is 4.57 Å². The predicted octanol–water partition coefficient (Wildman–Crippen LogP) is 1.39. The third-order valence-corrected chi connectivity index (χ3v) is 2.29. The van der Waals surface area contributed by atoms with Crippen LogP contribution in [-0.2, 0) is 6.54 Å². The zero-order chi connectivity index (χ0) is 12.5. The smallest absolute Gasteiger partial charge is 0.382 e. The molecule has 90 valence electrons. The number of aliphatic hydroxyl groups is 1. The first-order valence-electron chi connectivity index (χ1n) is 4.64. The van der Waals surface area contributed by atoms with Gasteiger partial charge in [-0.25, -0.2) is 0 Å². The third kappa shape index (κ3) is 2.85. The summed E-state index contributed by atoms with van der Waals surface area (Å²) in [5.41, 5.74) is 0.536. The Morgan fingerprint density at radius 2 is 1.75 bits per heavy atom. The predicted molar refractivity (Wildman–Crippen MR) is 52.2 cm³/mol. The number of aliphatic hydroxyl groups excluding tert-OH is 1. The van der Waals surface area contributed by atoms with Gasteiger partial charge in [-0.2, -0.15) is 13.2 Å². The average Bonchev–Trinajstić information content (AvgIpc) is 2.08. The lowest BCUT2D eigenvalue weighted by Crippen LogP contribution is -2.34. The second kappa shape index (κ2) is 4.29. The molecule has 6 heteroatoms. The van der Waals surface area contributed by atoms with Crippen LogP contribution in [0.1, 0.15) is 11.4 Å². The van der Waals surface area contributed by atoms with E-state index in [1.165, 1.54) is 30.5 Å². The number of pyridine rings is 1. The minimum absolute atomic E-state index is 0.257. The molecule has 1 N–H and O–H groups in total. The highest BCUT2D eigenvalue weighted by Gasteiger charge is 2.38. The van der Waals surface area contributed by atoms with Crippen molar-refractivity contribution < 1.29 is 18.3 Å². The molecule has 0 saturated carbocycles. The molecule has 0 aromatic carbocycles. The van der Waals surface area contributed by atoms with E-state index < -0.39 is 18.8 Å². The van der Waals surface area contributed by atoms with Gasteiger partial charge >= 0.3 is 6.18 Å². The van der Waals surface area contributed by atoms with Gasteiger partial charge in [-0.3, -0.25) is 4.79 Å². The molecule has 0 bridgehead atoms. The molecule has 0 aliphatic carbocycles. The number of aryl methyl sites for hydroxylation is 2. The first-order valence-corrected chi connectivity index (χ1v) is 4.64.